The molecular formula is C24H30ClNO6. The minimum atomic E-state index is -1.44. The third-order valence-corrected chi connectivity index (χ3v) is 6.56. The summed E-state index contributed by atoms with van der Waals surface area (Å²) in [6.45, 7) is 0.844. The number of aliphatic hydroxyl groups is 4. The predicted octanol–water partition coefficient (Wildman–Crippen LogP) is 1.44. The molecule has 0 bridgehead atoms. The first-order valence-corrected chi connectivity index (χ1v) is 11.2. The van der Waals surface area contributed by atoms with Crippen molar-refractivity contribution in [2.24, 2.45) is 0 Å². The molecule has 2 aromatic carbocycles. The molecule has 2 heterocycles. The van der Waals surface area contributed by atoms with E-state index in [9.17, 15) is 20.4 Å². The number of hydrogen-bond donors (Lipinski definition) is 4. The second-order valence-corrected chi connectivity index (χ2v) is 9.20. The van der Waals surface area contributed by atoms with Crippen molar-refractivity contribution < 1.29 is 29.9 Å². The zero-order chi connectivity index (χ0) is 23.0. The van der Waals surface area contributed by atoms with Crippen molar-refractivity contribution in [1.82, 2.24) is 4.90 Å². The van der Waals surface area contributed by atoms with Crippen molar-refractivity contribution in [3.8, 4) is 5.75 Å². The largest absolute Gasteiger partial charge is 0.491 e. The summed E-state index contributed by atoms with van der Waals surface area (Å²) in [5, 5.41) is 41.2. The molecule has 4 N–H and O–H groups in total. The summed E-state index contributed by atoms with van der Waals surface area (Å²) in [7, 11) is 4.05. The fourth-order valence-electron chi connectivity index (χ4n) is 4.50. The average molecular weight is 464 g/mol. The lowest BCUT2D eigenvalue weighted by Gasteiger charge is -2.40. The maximum absolute atomic E-state index is 10.7. The molecule has 8 heteroatoms. The van der Waals surface area contributed by atoms with Crippen LogP contribution in [0, 0.1) is 0 Å². The van der Waals surface area contributed by atoms with E-state index in [2.05, 4.69) is 29.2 Å². The zero-order valence-electron chi connectivity index (χ0n) is 18.2. The van der Waals surface area contributed by atoms with Gasteiger partial charge in [0.1, 0.15) is 36.3 Å². The van der Waals surface area contributed by atoms with E-state index in [-0.39, 0.29) is 0 Å². The molecule has 0 amide bonds. The minimum absolute atomic E-state index is 0.460. The molecule has 5 atom stereocenters. The lowest BCUT2D eigenvalue weighted by molar-refractivity contribution is -0.231. The van der Waals surface area contributed by atoms with Gasteiger partial charge < -0.3 is 34.8 Å². The van der Waals surface area contributed by atoms with Crippen LogP contribution < -0.4 is 4.74 Å². The van der Waals surface area contributed by atoms with Gasteiger partial charge in [-0.15, -0.1) is 0 Å². The van der Waals surface area contributed by atoms with Crippen LogP contribution in [0.2, 0.25) is 5.02 Å². The van der Waals surface area contributed by atoms with Gasteiger partial charge in [0.2, 0.25) is 0 Å². The van der Waals surface area contributed by atoms with Crippen LogP contribution in [0.4, 0.5) is 0 Å². The fraction of sp³-hybridized carbons (Fsp3) is 0.500. The Kier molecular flexibility index (Phi) is 7.07. The Morgan fingerprint density at radius 2 is 1.72 bits per heavy atom. The van der Waals surface area contributed by atoms with Gasteiger partial charge in [-0.05, 0) is 42.8 Å². The van der Waals surface area contributed by atoms with E-state index < -0.39 is 37.1 Å². The third kappa shape index (κ3) is 4.52. The van der Waals surface area contributed by atoms with Crippen molar-refractivity contribution in [1.29, 1.82) is 0 Å². The van der Waals surface area contributed by atoms with Crippen LogP contribution in [0.15, 0.2) is 30.3 Å². The molecule has 2 aromatic rings. The molecule has 0 saturated carbocycles. The lowest BCUT2D eigenvalue weighted by Crippen LogP contribution is -2.55. The highest BCUT2D eigenvalue weighted by molar-refractivity contribution is 6.33. The molecule has 0 aromatic heterocycles. The second kappa shape index (κ2) is 9.65. The summed E-state index contributed by atoms with van der Waals surface area (Å²) in [5.41, 5.74) is 4.60. The van der Waals surface area contributed by atoms with Gasteiger partial charge in [-0.1, -0.05) is 41.9 Å². The molecule has 2 aliphatic rings. The van der Waals surface area contributed by atoms with Gasteiger partial charge >= 0.3 is 0 Å². The Hall–Kier alpha value is -1.71. The Morgan fingerprint density at radius 1 is 1.03 bits per heavy atom. The number of nitrogens with zero attached hydrogens (tertiary/aromatic N) is 1. The number of halogens is 1. The van der Waals surface area contributed by atoms with Crippen LogP contribution in [0.25, 0.3) is 0 Å². The normalized spacial score (nSPS) is 27.4. The Bertz CT molecular complexity index is 948. The van der Waals surface area contributed by atoms with Gasteiger partial charge in [0.15, 0.2) is 0 Å². The van der Waals surface area contributed by atoms with Crippen LogP contribution in [0.3, 0.4) is 0 Å². The van der Waals surface area contributed by atoms with Gasteiger partial charge in [-0.2, -0.15) is 0 Å². The molecule has 0 aliphatic carbocycles. The summed E-state index contributed by atoms with van der Waals surface area (Å²) < 4.78 is 11.6. The Morgan fingerprint density at radius 3 is 2.38 bits per heavy atom. The highest BCUT2D eigenvalue weighted by atomic mass is 35.5. The maximum atomic E-state index is 10.7. The molecule has 1 unspecified atom stereocenters. The molecule has 174 valence electrons. The van der Waals surface area contributed by atoms with E-state index >= 15 is 0 Å². The van der Waals surface area contributed by atoms with Crippen molar-refractivity contribution in [3.05, 3.63) is 63.2 Å². The molecule has 2 aliphatic heterocycles. The van der Waals surface area contributed by atoms with Gasteiger partial charge in [0.05, 0.1) is 18.2 Å². The van der Waals surface area contributed by atoms with Crippen molar-refractivity contribution >= 4 is 11.6 Å². The molecule has 0 radical (unpaired) electrons. The van der Waals surface area contributed by atoms with Crippen molar-refractivity contribution in [3.63, 3.8) is 0 Å². The predicted molar refractivity (Wildman–Crippen MR) is 120 cm³/mol. The van der Waals surface area contributed by atoms with E-state index in [1.807, 2.05) is 20.2 Å². The van der Waals surface area contributed by atoms with Gasteiger partial charge in [-0.25, -0.2) is 0 Å². The first-order valence-electron chi connectivity index (χ1n) is 10.8. The van der Waals surface area contributed by atoms with Gasteiger partial charge in [0, 0.05) is 18.5 Å². The van der Waals surface area contributed by atoms with Crippen LogP contribution in [-0.4, -0.2) is 77.1 Å². The van der Waals surface area contributed by atoms with Crippen LogP contribution in [0.5, 0.6) is 5.75 Å². The molecule has 1 fully saturated rings. The standard InChI is InChI=1S/C24H30ClNO6/c1-26(2)11-14-5-3-13(4-6-14)9-15-10-17(16-7-8-31-23(16)19(15)25)24-22(30)21(29)20(28)18(12-27)32-24/h3-6,10,18,20-22,24,27-30H,7-9,11-12H2,1-2H3/t18-,20-,21+,22?,24+/m1/s1. The van der Waals surface area contributed by atoms with Crippen molar-refractivity contribution in [2.45, 2.75) is 49.9 Å². The molecule has 4 rings (SSSR count). The van der Waals surface area contributed by atoms with E-state index in [1.165, 1.54) is 5.56 Å². The molecular weight excluding hydrogens is 434 g/mol. The van der Waals surface area contributed by atoms with E-state index in [0.717, 1.165) is 23.2 Å². The minimum Gasteiger partial charge on any atom is -0.491 e. The summed E-state index contributed by atoms with van der Waals surface area (Å²) in [6.07, 6.45) is -4.92. The Balaban J connectivity index is 1.68. The summed E-state index contributed by atoms with van der Waals surface area (Å²) in [5.74, 6) is 0.570. The number of aliphatic hydroxyl groups excluding tert-OH is 4. The first kappa shape index (κ1) is 23.4. The monoisotopic (exact) mass is 463 g/mol. The second-order valence-electron chi connectivity index (χ2n) is 8.83. The zero-order valence-corrected chi connectivity index (χ0v) is 19.0. The fourth-order valence-corrected chi connectivity index (χ4v) is 4.79. The molecule has 7 nitrogen and oxygen atoms in total. The summed E-state index contributed by atoms with van der Waals surface area (Å²) in [4.78, 5) is 2.11. The topological polar surface area (TPSA) is 103 Å². The quantitative estimate of drug-likeness (QED) is 0.514. The van der Waals surface area contributed by atoms with Crippen LogP contribution in [0.1, 0.15) is 33.9 Å². The summed E-state index contributed by atoms with van der Waals surface area (Å²) in [6, 6.07) is 10.2. The van der Waals surface area contributed by atoms with Crippen molar-refractivity contribution in [2.75, 3.05) is 27.3 Å². The Labute approximate surface area is 192 Å². The average Bonchev–Trinajstić information content (AvgIpc) is 3.26. The number of fused-ring (bicyclic) bond motifs is 1. The van der Waals surface area contributed by atoms with Crippen LogP contribution >= 0.6 is 11.6 Å². The highest BCUT2D eigenvalue weighted by Gasteiger charge is 2.45. The van der Waals surface area contributed by atoms with E-state index in [1.54, 1.807) is 0 Å². The number of hydrogen-bond acceptors (Lipinski definition) is 7. The smallest absolute Gasteiger partial charge is 0.141 e. The lowest BCUT2D eigenvalue weighted by atomic mass is 9.87. The van der Waals surface area contributed by atoms with E-state index in [0.29, 0.717) is 35.8 Å². The van der Waals surface area contributed by atoms with Gasteiger partial charge in [-0.3, -0.25) is 0 Å². The van der Waals surface area contributed by atoms with E-state index in [4.69, 9.17) is 21.1 Å². The number of benzene rings is 2. The highest BCUT2D eigenvalue weighted by Crippen LogP contribution is 2.44. The van der Waals surface area contributed by atoms with Gasteiger partial charge in [0.25, 0.3) is 0 Å². The first-order chi connectivity index (χ1) is 15.3. The molecule has 32 heavy (non-hydrogen) atoms. The maximum Gasteiger partial charge on any atom is 0.141 e. The third-order valence-electron chi connectivity index (χ3n) is 6.15. The SMILES string of the molecule is CN(C)Cc1ccc(Cc2cc([C@@H]3O[C@H](CO)[C@@H](O)[C@H](O)C3O)c3c(c2Cl)OCC3)cc1. The molecule has 0 spiro atoms. The summed E-state index contributed by atoms with van der Waals surface area (Å²) >= 11 is 6.69. The number of ether oxygens (including phenoxy) is 2. The van der Waals surface area contributed by atoms with Crippen LogP contribution in [-0.2, 0) is 24.1 Å². The number of rotatable bonds is 6. The molecule has 1 saturated heterocycles.